The maximum absolute atomic E-state index is 11.9. The molecule has 19 heavy (non-hydrogen) atoms. The number of hydrogen-bond donors (Lipinski definition) is 0. The number of carbonyl (C=O) groups excluding carboxylic acids is 1. The van der Waals surface area contributed by atoms with Crippen LogP contribution < -0.4 is 0 Å². The van der Waals surface area contributed by atoms with Crippen LogP contribution in [0.3, 0.4) is 0 Å². The molecular formula is C14H12BrNO2S. The molecule has 0 saturated heterocycles. The number of carbonyl (C=O) groups is 1. The van der Waals surface area contributed by atoms with Gasteiger partial charge in [0.2, 0.25) is 0 Å². The summed E-state index contributed by atoms with van der Waals surface area (Å²) in [4.78, 5) is 11.9. The molecule has 1 aliphatic heterocycles. The van der Waals surface area contributed by atoms with E-state index < -0.39 is 11.9 Å². The second-order valence-electron chi connectivity index (χ2n) is 3.99. The highest BCUT2D eigenvalue weighted by molar-refractivity contribution is 9.10. The first-order valence-electron chi connectivity index (χ1n) is 5.86. The SMILES string of the molecule is CCSC1C=C(c2ccc(Br)cc2)OC(=O)C1C#N. The van der Waals surface area contributed by atoms with Crippen molar-refractivity contribution in [1.29, 1.82) is 5.26 Å². The van der Waals surface area contributed by atoms with Gasteiger partial charge in [-0.05, 0) is 24.0 Å². The lowest BCUT2D eigenvalue weighted by atomic mass is 10.0. The fourth-order valence-corrected chi connectivity index (χ4v) is 3.05. The molecule has 1 aliphatic rings. The lowest BCUT2D eigenvalue weighted by Crippen LogP contribution is -2.29. The van der Waals surface area contributed by atoms with E-state index in [1.54, 1.807) is 11.8 Å². The highest BCUT2D eigenvalue weighted by atomic mass is 79.9. The van der Waals surface area contributed by atoms with Crippen LogP contribution in [0.15, 0.2) is 34.8 Å². The Morgan fingerprint density at radius 3 is 2.68 bits per heavy atom. The molecule has 1 aromatic carbocycles. The van der Waals surface area contributed by atoms with E-state index in [1.165, 1.54) is 0 Å². The molecular weight excluding hydrogens is 326 g/mol. The molecule has 0 N–H and O–H groups in total. The van der Waals surface area contributed by atoms with E-state index in [0.29, 0.717) is 5.76 Å². The third-order valence-electron chi connectivity index (χ3n) is 2.74. The zero-order valence-electron chi connectivity index (χ0n) is 10.3. The van der Waals surface area contributed by atoms with Crippen molar-refractivity contribution < 1.29 is 9.53 Å². The molecule has 0 amide bonds. The molecule has 0 fully saturated rings. The number of rotatable bonds is 3. The minimum Gasteiger partial charge on any atom is -0.425 e. The molecule has 0 bridgehead atoms. The van der Waals surface area contributed by atoms with Crippen molar-refractivity contribution in [2.75, 3.05) is 5.75 Å². The van der Waals surface area contributed by atoms with E-state index in [9.17, 15) is 4.79 Å². The summed E-state index contributed by atoms with van der Waals surface area (Å²) in [5, 5.41) is 8.91. The van der Waals surface area contributed by atoms with Gasteiger partial charge in [-0.2, -0.15) is 17.0 Å². The van der Waals surface area contributed by atoms with Gasteiger partial charge in [0.1, 0.15) is 5.76 Å². The van der Waals surface area contributed by atoms with Gasteiger partial charge in [-0.3, -0.25) is 4.79 Å². The van der Waals surface area contributed by atoms with Crippen LogP contribution in [0.1, 0.15) is 12.5 Å². The van der Waals surface area contributed by atoms with Crippen molar-refractivity contribution in [2.24, 2.45) is 5.92 Å². The lowest BCUT2D eigenvalue weighted by Gasteiger charge is -2.24. The minimum atomic E-state index is -0.718. The van der Waals surface area contributed by atoms with E-state index in [1.807, 2.05) is 43.3 Å². The van der Waals surface area contributed by atoms with Crippen molar-refractivity contribution in [2.45, 2.75) is 12.2 Å². The Hall–Kier alpha value is -1.25. The Bertz CT molecular complexity index is 548. The molecule has 5 heteroatoms. The number of ether oxygens (including phenoxy) is 1. The van der Waals surface area contributed by atoms with Gasteiger partial charge >= 0.3 is 5.97 Å². The molecule has 2 unspecified atom stereocenters. The van der Waals surface area contributed by atoms with Crippen LogP contribution in [0.5, 0.6) is 0 Å². The normalized spacial score (nSPS) is 22.4. The molecule has 2 rings (SSSR count). The van der Waals surface area contributed by atoms with Crippen LogP contribution >= 0.6 is 27.7 Å². The van der Waals surface area contributed by atoms with E-state index in [0.717, 1.165) is 15.8 Å². The van der Waals surface area contributed by atoms with Gasteiger partial charge in [-0.25, -0.2) is 0 Å². The van der Waals surface area contributed by atoms with Gasteiger partial charge in [0.25, 0.3) is 0 Å². The molecule has 0 aliphatic carbocycles. The molecule has 3 nitrogen and oxygen atoms in total. The number of nitriles is 1. The van der Waals surface area contributed by atoms with E-state index in [2.05, 4.69) is 15.9 Å². The summed E-state index contributed by atoms with van der Waals surface area (Å²) in [6, 6.07) is 9.56. The summed E-state index contributed by atoms with van der Waals surface area (Å²) >= 11 is 4.95. The first-order valence-corrected chi connectivity index (χ1v) is 7.70. The highest BCUT2D eigenvalue weighted by Gasteiger charge is 2.34. The maximum Gasteiger partial charge on any atom is 0.330 e. The third kappa shape index (κ3) is 3.20. The Labute approximate surface area is 124 Å². The van der Waals surface area contributed by atoms with Crippen LogP contribution in [0.4, 0.5) is 0 Å². The number of cyclic esters (lactones) is 1. The number of thioether (sulfide) groups is 1. The summed E-state index contributed by atoms with van der Waals surface area (Å²) in [6.45, 7) is 2.01. The number of nitrogens with zero attached hydrogens (tertiary/aromatic N) is 1. The van der Waals surface area contributed by atoms with Crippen LogP contribution in [0, 0.1) is 17.2 Å². The number of esters is 1. The zero-order chi connectivity index (χ0) is 13.8. The average molecular weight is 338 g/mol. The minimum absolute atomic E-state index is 0.144. The van der Waals surface area contributed by atoms with Crippen molar-refractivity contribution >= 4 is 39.4 Å². The zero-order valence-corrected chi connectivity index (χ0v) is 12.7. The Morgan fingerprint density at radius 1 is 1.42 bits per heavy atom. The quantitative estimate of drug-likeness (QED) is 0.790. The molecule has 0 saturated carbocycles. The van der Waals surface area contributed by atoms with Crippen LogP contribution in [0.25, 0.3) is 5.76 Å². The first-order chi connectivity index (χ1) is 9.15. The van der Waals surface area contributed by atoms with Gasteiger partial charge in [0, 0.05) is 10.0 Å². The van der Waals surface area contributed by atoms with Crippen LogP contribution in [-0.2, 0) is 9.53 Å². The lowest BCUT2D eigenvalue weighted by molar-refractivity contribution is -0.139. The fourth-order valence-electron chi connectivity index (χ4n) is 1.82. The second-order valence-corrected chi connectivity index (χ2v) is 6.36. The smallest absolute Gasteiger partial charge is 0.330 e. The third-order valence-corrected chi connectivity index (χ3v) is 4.39. The number of hydrogen-bond acceptors (Lipinski definition) is 4. The van der Waals surface area contributed by atoms with Crippen molar-refractivity contribution in [1.82, 2.24) is 0 Å². The topological polar surface area (TPSA) is 50.1 Å². The summed E-state index contributed by atoms with van der Waals surface area (Å²) in [5.74, 6) is 0.202. The summed E-state index contributed by atoms with van der Waals surface area (Å²) < 4.78 is 6.23. The monoisotopic (exact) mass is 337 g/mol. The Morgan fingerprint density at radius 2 is 2.11 bits per heavy atom. The Kier molecular flexibility index (Phi) is 4.67. The van der Waals surface area contributed by atoms with E-state index in [4.69, 9.17) is 10.00 Å². The summed E-state index contributed by atoms with van der Waals surface area (Å²) in [7, 11) is 0. The van der Waals surface area contributed by atoms with Crippen LogP contribution in [0.2, 0.25) is 0 Å². The Balaban J connectivity index is 2.33. The number of benzene rings is 1. The van der Waals surface area contributed by atoms with Crippen molar-refractivity contribution in [3.63, 3.8) is 0 Å². The largest absolute Gasteiger partial charge is 0.425 e. The van der Waals surface area contributed by atoms with Crippen molar-refractivity contribution in [3.05, 3.63) is 40.4 Å². The van der Waals surface area contributed by atoms with Gasteiger partial charge in [-0.1, -0.05) is 35.0 Å². The van der Waals surface area contributed by atoms with Gasteiger partial charge in [0.05, 0.1) is 11.3 Å². The van der Waals surface area contributed by atoms with Gasteiger partial charge < -0.3 is 4.74 Å². The predicted molar refractivity (Wildman–Crippen MR) is 79.2 cm³/mol. The molecule has 2 atom stereocenters. The van der Waals surface area contributed by atoms with Gasteiger partial charge in [0.15, 0.2) is 5.92 Å². The predicted octanol–water partition coefficient (Wildman–Crippen LogP) is 3.61. The summed E-state index contributed by atoms with van der Waals surface area (Å²) in [5.41, 5.74) is 0.842. The molecule has 0 spiro atoms. The standard InChI is InChI=1S/C14H12BrNO2S/c1-2-19-13-7-12(18-14(17)11(13)8-16)9-3-5-10(15)6-4-9/h3-7,11,13H,2H2,1H3. The van der Waals surface area contributed by atoms with E-state index >= 15 is 0 Å². The second kappa shape index (κ2) is 6.27. The molecule has 0 aromatic heterocycles. The van der Waals surface area contributed by atoms with Crippen LogP contribution in [-0.4, -0.2) is 17.0 Å². The van der Waals surface area contributed by atoms with Crippen molar-refractivity contribution in [3.8, 4) is 6.07 Å². The first kappa shape index (κ1) is 14.2. The average Bonchev–Trinajstić information content (AvgIpc) is 2.39. The molecule has 1 heterocycles. The highest BCUT2D eigenvalue weighted by Crippen LogP contribution is 2.32. The maximum atomic E-state index is 11.9. The van der Waals surface area contributed by atoms with Gasteiger partial charge in [-0.15, -0.1) is 0 Å². The molecule has 0 radical (unpaired) electrons. The fraction of sp³-hybridized carbons (Fsp3) is 0.286. The molecule has 98 valence electrons. The number of halogens is 1. The van der Waals surface area contributed by atoms with E-state index in [-0.39, 0.29) is 5.25 Å². The summed E-state index contributed by atoms with van der Waals surface area (Å²) in [6.07, 6.45) is 1.87. The molecule has 1 aromatic rings.